The van der Waals surface area contributed by atoms with Crippen LogP contribution >= 0.6 is 38.9 Å². The third-order valence-corrected chi connectivity index (χ3v) is 5.39. The summed E-state index contributed by atoms with van der Waals surface area (Å²) >= 11 is 11.4. The van der Waals surface area contributed by atoms with E-state index in [9.17, 15) is 4.79 Å². The van der Waals surface area contributed by atoms with E-state index in [2.05, 4.69) is 44.9 Å². The smallest absolute Gasteiger partial charge is 0.228 e. The van der Waals surface area contributed by atoms with Gasteiger partial charge in [0.1, 0.15) is 0 Å². The Morgan fingerprint density at radius 3 is 2.95 bits per heavy atom. The van der Waals surface area contributed by atoms with Gasteiger partial charge in [-0.1, -0.05) is 11.6 Å². The maximum Gasteiger partial charge on any atom is 0.228 e. The molecule has 104 valence electrons. The number of carbonyl (C=O) groups excluding carboxylic acids is 1. The Balaban J connectivity index is 1.84. The van der Waals surface area contributed by atoms with E-state index in [4.69, 9.17) is 11.6 Å². The van der Waals surface area contributed by atoms with Crippen LogP contribution in [0.1, 0.15) is 23.4 Å². The Morgan fingerprint density at radius 1 is 1.45 bits per heavy atom. The SMILES string of the molecule is CC(Nc1cc2c(cc1Cl)NC(=O)C2)c1cc(Br)cs1. The highest BCUT2D eigenvalue weighted by Gasteiger charge is 2.20. The predicted octanol–water partition coefficient (Wildman–Crippen LogP) is 4.83. The first-order valence-corrected chi connectivity index (χ1v) is 8.21. The summed E-state index contributed by atoms with van der Waals surface area (Å²) in [5.41, 5.74) is 2.66. The van der Waals surface area contributed by atoms with Crippen LogP contribution in [0.4, 0.5) is 11.4 Å². The first-order chi connectivity index (χ1) is 9.52. The summed E-state index contributed by atoms with van der Waals surface area (Å²) in [6, 6.07) is 6.01. The molecule has 0 fully saturated rings. The Hall–Kier alpha value is -1.04. The van der Waals surface area contributed by atoms with Crippen molar-refractivity contribution in [3.63, 3.8) is 0 Å². The fourth-order valence-electron chi connectivity index (χ4n) is 2.22. The molecule has 0 bridgehead atoms. The highest BCUT2D eigenvalue weighted by atomic mass is 79.9. The van der Waals surface area contributed by atoms with Gasteiger partial charge in [-0.2, -0.15) is 0 Å². The molecular weight excluding hydrogens is 360 g/mol. The number of thiophene rings is 1. The number of amides is 1. The van der Waals surface area contributed by atoms with Crippen molar-refractivity contribution in [1.82, 2.24) is 0 Å². The molecule has 1 unspecified atom stereocenters. The summed E-state index contributed by atoms with van der Waals surface area (Å²) in [6.45, 7) is 2.09. The highest BCUT2D eigenvalue weighted by Crippen LogP contribution is 2.35. The van der Waals surface area contributed by atoms with Gasteiger partial charge < -0.3 is 10.6 Å². The van der Waals surface area contributed by atoms with Crippen LogP contribution in [-0.2, 0) is 11.2 Å². The number of hydrogen-bond donors (Lipinski definition) is 2. The van der Waals surface area contributed by atoms with Gasteiger partial charge in [0.05, 0.1) is 23.2 Å². The van der Waals surface area contributed by atoms with Crippen molar-refractivity contribution < 1.29 is 4.79 Å². The topological polar surface area (TPSA) is 41.1 Å². The number of carbonyl (C=O) groups is 1. The molecule has 20 heavy (non-hydrogen) atoms. The zero-order valence-electron chi connectivity index (χ0n) is 10.7. The zero-order chi connectivity index (χ0) is 14.3. The molecule has 1 aliphatic rings. The Morgan fingerprint density at radius 2 is 2.25 bits per heavy atom. The monoisotopic (exact) mass is 370 g/mol. The van der Waals surface area contributed by atoms with E-state index >= 15 is 0 Å². The molecule has 0 saturated heterocycles. The van der Waals surface area contributed by atoms with Crippen molar-refractivity contribution in [3.8, 4) is 0 Å². The molecule has 0 radical (unpaired) electrons. The van der Waals surface area contributed by atoms with Gasteiger partial charge in [-0.05, 0) is 46.6 Å². The third kappa shape index (κ3) is 2.71. The maximum atomic E-state index is 11.4. The minimum Gasteiger partial charge on any atom is -0.376 e. The molecule has 3 nitrogen and oxygen atoms in total. The highest BCUT2D eigenvalue weighted by molar-refractivity contribution is 9.10. The summed E-state index contributed by atoms with van der Waals surface area (Å²) in [6.07, 6.45) is 0.417. The average Bonchev–Trinajstić information content (AvgIpc) is 2.95. The first kappa shape index (κ1) is 13.9. The molecule has 1 amide bonds. The molecule has 1 aliphatic heterocycles. The van der Waals surface area contributed by atoms with Crippen molar-refractivity contribution in [2.24, 2.45) is 0 Å². The van der Waals surface area contributed by atoms with Gasteiger partial charge in [-0.3, -0.25) is 4.79 Å². The summed E-state index contributed by atoms with van der Waals surface area (Å²) in [7, 11) is 0. The van der Waals surface area contributed by atoms with Crippen LogP contribution < -0.4 is 10.6 Å². The second-order valence-electron chi connectivity index (χ2n) is 4.75. The van der Waals surface area contributed by atoms with Crippen LogP contribution in [0, 0.1) is 0 Å². The van der Waals surface area contributed by atoms with E-state index < -0.39 is 0 Å². The molecule has 0 aliphatic carbocycles. The molecule has 1 aromatic carbocycles. The normalized spacial score (nSPS) is 14.8. The van der Waals surface area contributed by atoms with Crippen LogP contribution in [-0.4, -0.2) is 5.91 Å². The molecule has 6 heteroatoms. The van der Waals surface area contributed by atoms with E-state index in [1.807, 2.05) is 6.07 Å². The van der Waals surface area contributed by atoms with Crippen molar-refractivity contribution in [3.05, 3.63) is 43.5 Å². The van der Waals surface area contributed by atoms with Gasteiger partial charge in [-0.15, -0.1) is 11.3 Å². The molecule has 1 aromatic heterocycles. The van der Waals surface area contributed by atoms with Crippen molar-refractivity contribution >= 4 is 56.1 Å². The fraction of sp³-hybridized carbons (Fsp3) is 0.214. The molecule has 0 saturated carbocycles. The molecule has 1 atom stereocenters. The standard InChI is InChI=1S/C14H12BrClN2OS/c1-7(13-4-9(15)6-20-13)17-12-2-8-3-14(19)18-11(8)5-10(12)16/h2,4-7,17H,3H2,1H3,(H,18,19). The lowest BCUT2D eigenvalue weighted by Gasteiger charge is -2.16. The summed E-state index contributed by atoms with van der Waals surface area (Å²) < 4.78 is 1.08. The van der Waals surface area contributed by atoms with Gasteiger partial charge in [0.2, 0.25) is 5.91 Å². The van der Waals surface area contributed by atoms with Gasteiger partial charge in [0, 0.05) is 20.4 Å². The summed E-state index contributed by atoms with van der Waals surface area (Å²) in [4.78, 5) is 12.6. The van der Waals surface area contributed by atoms with E-state index in [1.165, 1.54) is 4.88 Å². The lowest BCUT2D eigenvalue weighted by Crippen LogP contribution is -2.05. The van der Waals surface area contributed by atoms with Crippen molar-refractivity contribution in [2.45, 2.75) is 19.4 Å². The van der Waals surface area contributed by atoms with E-state index in [0.717, 1.165) is 21.4 Å². The minimum atomic E-state index is 0.0171. The number of benzene rings is 1. The van der Waals surface area contributed by atoms with Crippen LogP contribution in [0.15, 0.2) is 28.1 Å². The van der Waals surface area contributed by atoms with E-state index in [0.29, 0.717) is 11.4 Å². The van der Waals surface area contributed by atoms with E-state index in [1.54, 1.807) is 17.4 Å². The van der Waals surface area contributed by atoms with Crippen LogP contribution in [0.5, 0.6) is 0 Å². The number of hydrogen-bond acceptors (Lipinski definition) is 3. The van der Waals surface area contributed by atoms with Crippen molar-refractivity contribution in [1.29, 1.82) is 0 Å². The largest absolute Gasteiger partial charge is 0.376 e. The minimum absolute atomic E-state index is 0.0171. The average molecular weight is 372 g/mol. The molecule has 3 rings (SSSR count). The Bertz CT molecular complexity index is 686. The second kappa shape index (κ2) is 5.39. The lowest BCUT2D eigenvalue weighted by atomic mass is 10.1. The van der Waals surface area contributed by atoms with Crippen LogP contribution in [0.25, 0.3) is 0 Å². The molecule has 2 heterocycles. The third-order valence-electron chi connectivity index (χ3n) is 3.20. The lowest BCUT2D eigenvalue weighted by molar-refractivity contribution is -0.115. The predicted molar refractivity (Wildman–Crippen MR) is 87.8 cm³/mol. The van der Waals surface area contributed by atoms with E-state index in [-0.39, 0.29) is 11.9 Å². The Kier molecular flexibility index (Phi) is 3.75. The fourth-order valence-corrected chi connectivity index (χ4v) is 3.89. The summed E-state index contributed by atoms with van der Waals surface area (Å²) in [5, 5.41) is 8.88. The molecule has 0 spiro atoms. The number of rotatable bonds is 3. The first-order valence-electron chi connectivity index (χ1n) is 6.15. The van der Waals surface area contributed by atoms with Gasteiger partial charge >= 0.3 is 0 Å². The van der Waals surface area contributed by atoms with Gasteiger partial charge in [-0.25, -0.2) is 0 Å². The zero-order valence-corrected chi connectivity index (χ0v) is 13.8. The van der Waals surface area contributed by atoms with Crippen LogP contribution in [0.3, 0.4) is 0 Å². The second-order valence-corrected chi connectivity index (χ2v) is 7.01. The van der Waals surface area contributed by atoms with Gasteiger partial charge in [0.25, 0.3) is 0 Å². The molecular formula is C14H12BrClN2OS. The molecule has 2 aromatic rings. The number of anilines is 2. The number of nitrogens with one attached hydrogen (secondary N) is 2. The van der Waals surface area contributed by atoms with Crippen molar-refractivity contribution in [2.75, 3.05) is 10.6 Å². The number of fused-ring (bicyclic) bond motifs is 1. The summed E-state index contributed by atoms with van der Waals surface area (Å²) in [5.74, 6) is 0.0171. The molecule has 2 N–H and O–H groups in total. The Labute approximate surface area is 134 Å². The van der Waals surface area contributed by atoms with Gasteiger partial charge in [0.15, 0.2) is 0 Å². The maximum absolute atomic E-state index is 11.4. The van der Waals surface area contributed by atoms with Crippen LogP contribution in [0.2, 0.25) is 5.02 Å². The quantitative estimate of drug-likeness (QED) is 0.811. The number of halogens is 2.